The Kier molecular flexibility index (Phi) is 5.84. The second kappa shape index (κ2) is 8.47. The summed E-state index contributed by atoms with van der Waals surface area (Å²) in [7, 11) is 0. The van der Waals surface area contributed by atoms with Crippen LogP contribution in [0.25, 0.3) is 17.0 Å². The number of esters is 1. The van der Waals surface area contributed by atoms with Gasteiger partial charge in [0.15, 0.2) is 0 Å². The molecule has 6 heteroatoms. The molecule has 0 radical (unpaired) electrons. The maximum absolute atomic E-state index is 12.7. The van der Waals surface area contributed by atoms with Gasteiger partial charge in [0.05, 0.1) is 17.7 Å². The first-order valence-electron chi connectivity index (χ1n) is 8.37. The number of fused-ring (bicyclic) bond motifs is 1. The number of aromatic nitrogens is 1. The fraction of sp³-hybridized carbons (Fsp3) is 0.0952. The summed E-state index contributed by atoms with van der Waals surface area (Å²) in [6.07, 6.45) is 4.65. The second-order valence-corrected chi connectivity index (χ2v) is 6.13. The summed E-state index contributed by atoms with van der Waals surface area (Å²) >= 11 is 6.12. The number of nitrogens with zero attached hydrogens (tertiary/aromatic N) is 1. The van der Waals surface area contributed by atoms with Gasteiger partial charge in [0.25, 0.3) is 5.91 Å². The van der Waals surface area contributed by atoms with Gasteiger partial charge in [0.1, 0.15) is 0 Å². The van der Waals surface area contributed by atoms with Gasteiger partial charge in [-0.3, -0.25) is 9.78 Å². The van der Waals surface area contributed by atoms with Crippen LogP contribution < -0.4 is 5.32 Å². The first kappa shape index (κ1) is 18.6. The lowest BCUT2D eigenvalue weighted by Gasteiger charge is -2.08. The Hall–Kier alpha value is -3.18. The van der Waals surface area contributed by atoms with Crippen molar-refractivity contribution >= 4 is 46.1 Å². The van der Waals surface area contributed by atoms with Crippen molar-refractivity contribution in [3.63, 3.8) is 0 Å². The summed E-state index contributed by atoms with van der Waals surface area (Å²) < 4.78 is 4.83. The Morgan fingerprint density at radius 3 is 2.70 bits per heavy atom. The van der Waals surface area contributed by atoms with Gasteiger partial charge in [-0.25, -0.2) is 4.79 Å². The largest absolute Gasteiger partial charge is 0.463 e. The molecule has 3 rings (SSSR count). The molecule has 0 aliphatic heterocycles. The first-order chi connectivity index (χ1) is 13.1. The standard InChI is InChI=1S/C21H17ClN2O3/c1-2-27-19(25)10-7-14-5-8-17(9-6-14)24-21(26)18-13-16(22)12-15-4-3-11-23-20(15)18/h3-13H,2H2,1H3,(H,24,26)/b10-7-. The lowest BCUT2D eigenvalue weighted by Crippen LogP contribution is -2.12. The van der Waals surface area contributed by atoms with Gasteiger partial charge in [-0.1, -0.05) is 29.8 Å². The van der Waals surface area contributed by atoms with Crippen LogP contribution in [0.3, 0.4) is 0 Å². The average Bonchev–Trinajstić information content (AvgIpc) is 2.67. The molecule has 1 amide bonds. The number of carbonyl (C=O) groups excluding carboxylic acids is 2. The Morgan fingerprint density at radius 1 is 1.19 bits per heavy atom. The molecule has 0 unspecified atom stereocenters. The summed E-state index contributed by atoms with van der Waals surface area (Å²) in [6.45, 7) is 2.09. The van der Waals surface area contributed by atoms with E-state index in [2.05, 4.69) is 10.3 Å². The lowest BCUT2D eigenvalue weighted by molar-refractivity contribution is -0.137. The Labute approximate surface area is 161 Å². The van der Waals surface area contributed by atoms with E-state index in [-0.39, 0.29) is 5.91 Å². The number of rotatable bonds is 5. The summed E-state index contributed by atoms with van der Waals surface area (Å²) in [5.41, 5.74) is 2.44. The van der Waals surface area contributed by atoms with E-state index in [1.54, 1.807) is 61.7 Å². The molecule has 0 saturated heterocycles. The zero-order valence-electron chi connectivity index (χ0n) is 14.6. The third-order valence-electron chi connectivity index (χ3n) is 3.78. The molecule has 0 aliphatic rings. The maximum atomic E-state index is 12.7. The maximum Gasteiger partial charge on any atom is 0.330 e. The summed E-state index contributed by atoms with van der Waals surface area (Å²) in [6, 6.07) is 14.1. The molecule has 1 aromatic heterocycles. The van der Waals surface area contributed by atoms with Crippen LogP contribution in [0.2, 0.25) is 5.02 Å². The minimum Gasteiger partial charge on any atom is -0.463 e. The minimum atomic E-state index is -0.393. The lowest BCUT2D eigenvalue weighted by atomic mass is 10.1. The van der Waals surface area contributed by atoms with E-state index in [9.17, 15) is 9.59 Å². The number of amides is 1. The number of halogens is 1. The summed E-state index contributed by atoms with van der Waals surface area (Å²) in [5.74, 6) is -0.689. The highest BCUT2D eigenvalue weighted by Crippen LogP contribution is 2.23. The number of ether oxygens (including phenoxy) is 1. The Balaban J connectivity index is 1.76. The van der Waals surface area contributed by atoms with Gasteiger partial charge in [0, 0.05) is 28.4 Å². The van der Waals surface area contributed by atoms with E-state index in [1.807, 2.05) is 6.07 Å². The highest BCUT2D eigenvalue weighted by molar-refractivity contribution is 6.32. The van der Waals surface area contributed by atoms with Crippen molar-refractivity contribution in [3.8, 4) is 0 Å². The van der Waals surface area contributed by atoms with Crippen LogP contribution in [0, 0.1) is 0 Å². The third kappa shape index (κ3) is 4.71. The quantitative estimate of drug-likeness (QED) is 0.513. The zero-order chi connectivity index (χ0) is 19.2. The highest BCUT2D eigenvalue weighted by atomic mass is 35.5. The van der Waals surface area contributed by atoms with E-state index in [1.165, 1.54) is 6.08 Å². The van der Waals surface area contributed by atoms with Crippen LogP contribution in [-0.2, 0) is 9.53 Å². The predicted octanol–water partition coefficient (Wildman–Crippen LogP) is 4.72. The molecule has 0 spiro atoms. The molecular weight excluding hydrogens is 364 g/mol. The predicted molar refractivity (Wildman–Crippen MR) is 107 cm³/mol. The number of hydrogen-bond donors (Lipinski definition) is 1. The average molecular weight is 381 g/mol. The van der Waals surface area contributed by atoms with Crippen molar-refractivity contribution in [2.24, 2.45) is 0 Å². The van der Waals surface area contributed by atoms with Gasteiger partial charge in [0.2, 0.25) is 0 Å². The summed E-state index contributed by atoms with van der Waals surface area (Å²) in [4.78, 5) is 28.3. The molecule has 1 heterocycles. The number of nitrogens with one attached hydrogen (secondary N) is 1. The molecule has 0 saturated carbocycles. The zero-order valence-corrected chi connectivity index (χ0v) is 15.4. The van der Waals surface area contributed by atoms with E-state index in [0.29, 0.717) is 28.4 Å². The van der Waals surface area contributed by atoms with Crippen LogP contribution in [0.1, 0.15) is 22.8 Å². The Bertz CT molecular complexity index is 1010. The van der Waals surface area contributed by atoms with Gasteiger partial charge < -0.3 is 10.1 Å². The van der Waals surface area contributed by atoms with Crippen LogP contribution in [0.5, 0.6) is 0 Å². The van der Waals surface area contributed by atoms with Gasteiger partial charge >= 0.3 is 5.97 Å². The van der Waals surface area contributed by atoms with Crippen LogP contribution in [0.4, 0.5) is 5.69 Å². The molecule has 2 aromatic carbocycles. The van der Waals surface area contributed by atoms with Crippen LogP contribution in [0.15, 0.2) is 60.8 Å². The van der Waals surface area contributed by atoms with Crippen molar-refractivity contribution in [2.75, 3.05) is 11.9 Å². The molecule has 0 bridgehead atoms. The fourth-order valence-electron chi connectivity index (χ4n) is 2.56. The van der Waals surface area contributed by atoms with E-state index in [0.717, 1.165) is 10.9 Å². The van der Waals surface area contributed by atoms with E-state index < -0.39 is 5.97 Å². The van der Waals surface area contributed by atoms with Gasteiger partial charge in [-0.15, -0.1) is 0 Å². The number of anilines is 1. The monoisotopic (exact) mass is 380 g/mol. The van der Waals surface area contributed by atoms with Gasteiger partial charge in [-0.05, 0) is 48.9 Å². The SMILES string of the molecule is CCOC(=O)/C=C\c1ccc(NC(=O)c2cc(Cl)cc3cccnc23)cc1. The van der Waals surface area contributed by atoms with E-state index >= 15 is 0 Å². The number of pyridine rings is 1. The normalized spacial score (nSPS) is 10.9. The molecule has 0 atom stereocenters. The van der Waals surface area contributed by atoms with Crippen molar-refractivity contribution in [2.45, 2.75) is 6.92 Å². The first-order valence-corrected chi connectivity index (χ1v) is 8.75. The van der Waals surface area contributed by atoms with Crippen LogP contribution in [-0.4, -0.2) is 23.5 Å². The van der Waals surface area contributed by atoms with Crippen molar-refractivity contribution in [3.05, 3.63) is 77.0 Å². The van der Waals surface area contributed by atoms with Gasteiger partial charge in [-0.2, -0.15) is 0 Å². The summed E-state index contributed by atoms with van der Waals surface area (Å²) in [5, 5.41) is 4.11. The van der Waals surface area contributed by atoms with Crippen molar-refractivity contribution in [1.82, 2.24) is 4.98 Å². The topological polar surface area (TPSA) is 68.3 Å². The van der Waals surface area contributed by atoms with Crippen molar-refractivity contribution < 1.29 is 14.3 Å². The fourth-order valence-corrected chi connectivity index (χ4v) is 2.79. The molecule has 27 heavy (non-hydrogen) atoms. The highest BCUT2D eigenvalue weighted by Gasteiger charge is 2.13. The number of hydrogen-bond acceptors (Lipinski definition) is 4. The molecule has 5 nitrogen and oxygen atoms in total. The molecule has 0 fully saturated rings. The number of benzene rings is 2. The number of carbonyl (C=O) groups is 2. The molecule has 136 valence electrons. The molecule has 1 N–H and O–H groups in total. The van der Waals surface area contributed by atoms with Crippen LogP contribution >= 0.6 is 11.6 Å². The van der Waals surface area contributed by atoms with Crippen molar-refractivity contribution in [1.29, 1.82) is 0 Å². The minimum absolute atomic E-state index is 0.295. The molecule has 3 aromatic rings. The Morgan fingerprint density at radius 2 is 1.96 bits per heavy atom. The molecule has 0 aliphatic carbocycles. The molecular formula is C21H17ClN2O3. The second-order valence-electron chi connectivity index (χ2n) is 5.69. The third-order valence-corrected chi connectivity index (χ3v) is 4.00. The van der Waals surface area contributed by atoms with E-state index in [4.69, 9.17) is 16.3 Å². The smallest absolute Gasteiger partial charge is 0.330 e.